The summed E-state index contributed by atoms with van der Waals surface area (Å²) in [7, 11) is 2.01. The number of nitrogens with zero attached hydrogens (tertiary/aromatic N) is 4. The number of fused-ring (bicyclic) bond motifs is 1. The van der Waals surface area contributed by atoms with Crippen LogP contribution in [0.25, 0.3) is 0 Å². The monoisotopic (exact) mass is 736 g/mol. The SMILES string of the molecule is COc1ccc(OC)c(C2(OC(=O)N3CCN(C4CCN(C)CC4)CC3)C(=O)N(S(=O)(=O)c3ccccc3)c3ccc(OC)cc32)c1.Cl.Cl. The van der Waals surface area contributed by atoms with Gasteiger partial charge in [-0.1, -0.05) is 18.2 Å². The first-order valence-electron chi connectivity index (χ1n) is 15.6. The third-order valence-electron chi connectivity index (χ3n) is 9.37. The number of rotatable bonds is 8. The smallest absolute Gasteiger partial charge is 0.411 e. The molecule has 3 aliphatic rings. The van der Waals surface area contributed by atoms with E-state index in [9.17, 15) is 18.0 Å². The van der Waals surface area contributed by atoms with Crippen molar-refractivity contribution < 1.29 is 37.0 Å². The summed E-state index contributed by atoms with van der Waals surface area (Å²) in [5.41, 5.74) is -2.01. The summed E-state index contributed by atoms with van der Waals surface area (Å²) in [6, 6.07) is 17.4. The fourth-order valence-corrected chi connectivity index (χ4v) is 8.21. The van der Waals surface area contributed by atoms with Crippen LogP contribution >= 0.6 is 24.8 Å². The Morgan fingerprint density at radius 2 is 1.37 bits per heavy atom. The fraction of sp³-hybridized carbons (Fsp3) is 0.412. The number of anilines is 1. The maximum absolute atomic E-state index is 15.0. The van der Waals surface area contributed by atoms with Gasteiger partial charge in [-0.05, 0) is 81.5 Å². The zero-order valence-corrected chi connectivity index (χ0v) is 30.3. The van der Waals surface area contributed by atoms with Gasteiger partial charge >= 0.3 is 6.09 Å². The summed E-state index contributed by atoms with van der Waals surface area (Å²) in [6.45, 7) is 4.16. The van der Waals surface area contributed by atoms with Crippen LogP contribution < -0.4 is 18.5 Å². The first-order valence-corrected chi connectivity index (χ1v) is 17.0. The molecule has 0 saturated carbocycles. The van der Waals surface area contributed by atoms with Gasteiger partial charge in [0.05, 0.1) is 37.5 Å². The second kappa shape index (κ2) is 15.4. The van der Waals surface area contributed by atoms with Crippen molar-refractivity contribution in [3.05, 3.63) is 77.9 Å². The summed E-state index contributed by atoms with van der Waals surface area (Å²) in [5, 5.41) is 0. The van der Waals surface area contributed by atoms with Crippen LogP contribution in [0.2, 0.25) is 0 Å². The van der Waals surface area contributed by atoms with Crippen LogP contribution in [0.1, 0.15) is 24.0 Å². The zero-order valence-electron chi connectivity index (χ0n) is 27.9. The van der Waals surface area contributed by atoms with Gasteiger partial charge in [0.2, 0.25) is 5.60 Å². The number of hydrogen-bond donors (Lipinski definition) is 0. The number of ether oxygens (including phenoxy) is 4. The highest BCUT2D eigenvalue weighted by molar-refractivity contribution is 7.93. The molecule has 2 amide bonds. The standard InChI is InChI=1S/C34H40N4O8S.2ClH/c1-35-16-14-24(15-17-35)36-18-20-37(21-19-36)33(40)46-34(29-23-26(44-3)11-13-31(29)45-4)28-22-25(43-2)10-12-30(28)38(32(34)39)47(41,42)27-8-6-5-7-9-27;;/h5-13,22-24H,14-21H2,1-4H3;2*1H. The minimum atomic E-state index is -4.46. The van der Waals surface area contributed by atoms with Crippen LogP contribution in [0, 0.1) is 0 Å². The summed E-state index contributed by atoms with van der Waals surface area (Å²) in [4.78, 5) is 35.4. The molecular formula is C34H42Cl2N4O8S. The molecule has 49 heavy (non-hydrogen) atoms. The topological polar surface area (TPSA) is 118 Å². The van der Waals surface area contributed by atoms with Gasteiger partial charge in [0.15, 0.2) is 0 Å². The van der Waals surface area contributed by atoms with E-state index in [0.29, 0.717) is 48.0 Å². The van der Waals surface area contributed by atoms with Crippen LogP contribution in [0.4, 0.5) is 10.5 Å². The lowest BCUT2D eigenvalue weighted by Crippen LogP contribution is -2.55. The van der Waals surface area contributed by atoms with Gasteiger partial charge in [-0.25, -0.2) is 13.2 Å². The van der Waals surface area contributed by atoms with E-state index in [4.69, 9.17) is 18.9 Å². The number of benzene rings is 3. The third-order valence-corrected chi connectivity index (χ3v) is 11.1. The lowest BCUT2D eigenvalue weighted by molar-refractivity contribution is -0.132. The first kappa shape index (κ1) is 38.1. The molecule has 0 radical (unpaired) electrons. The quantitative estimate of drug-likeness (QED) is 0.330. The molecule has 3 aromatic rings. The van der Waals surface area contributed by atoms with Crippen LogP contribution in [-0.2, 0) is 25.2 Å². The third kappa shape index (κ3) is 6.87. The van der Waals surface area contributed by atoms with Crippen molar-refractivity contribution in [2.45, 2.75) is 29.4 Å². The Bertz CT molecular complexity index is 1750. The normalized spacial score (nSPS) is 20.1. The van der Waals surface area contributed by atoms with Crippen molar-refractivity contribution in [1.29, 1.82) is 0 Å². The molecule has 3 heterocycles. The minimum Gasteiger partial charge on any atom is -0.497 e. The maximum Gasteiger partial charge on any atom is 0.411 e. The number of halogens is 2. The predicted molar refractivity (Wildman–Crippen MR) is 189 cm³/mol. The highest BCUT2D eigenvalue weighted by Gasteiger charge is 2.61. The Hall–Kier alpha value is -3.75. The number of piperidine rings is 1. The van der Waals surface area contributed by atoms with E-state index in [0.717, 1.165) is 25.9 Å². The molecule has 0 aliphatic carbocycles. The number of sulfonamides is 1. The van der Waals surface area contributed by atoms with E-state index < -0.39 is 27.6 Å². The molecule has 2 saturated heterocycles. The van der Waals surface area contributed by atoms with Crippen molar-refractivity contribution in [3.63, 3.8) is 0 Å². The molecule has 1 unspecified atom stereocenters. The molecule has 6 rings (SSSR count). The second-order valence-corrected chi connectivity index (χ2v) is 13.7. The number of carbonyl (C=O) groups excluding carboxylic acids is 2. The van der Waals surface area contributed by atoms with Gasteiger partial charge in [0, 0.05) is 37.8 Å². The van der Waals surface area contributed by atoms with Gasteiger partial charge in [0.25, 0.3) is 15.9 Å². The van der Waals surface area contributed by atoms with Gasteiger partial charge in [0.1, 0.15) is 17.2 Å². The molecule has 3 aliphatic heterocycles. The van der Waals surface area contributed by atoms with Crippen LogP contribution in [0.3, 0.4) is 0 Å². The van der Waals surface area contributed by atoms with Gasteiger partial charge in [-0.2, -0.15) is 4.31 Å². The lowest BCUT2D eigenvalue weighted by Gasteiger charge is -2.42. The van der Waals surface area contributed by atoms with Gasteiger partial charge < -0.3 is 28.7 Å². The fourth-order valence-electron chi connectivity index (χ4n) is 6.73. The Kier molecular flexibility index (Phi) is 12.0. The maximum atomic E-state index is 15.0. The average molecular weight is 738 g/mol. The molecule has 2 fully saturated rings. The molecule has 0 spiro atoms. The molecule has 1 atom stereocenters. The molecule has 0 bridgehead atoms. The van der Waals surface area contributed by atoms with Crippen molar-refractivity contribution in [2.75, 3.05) is 72.0 Å². The largest absolute Gasteiger partial charge is 0.497 e. The molecule has 0 N–H and O–H groups in total. The first-order chi connectivity index (χ1) is 22.6. The second-order valence-electron chi connectivity index (χ2n) is 11.9. The summed E-state index contributed by atoms with van der Waals surface area (Å²) in [6.07, 6.45) is 1.39. The highest BCUT2D eigenvalue weighted by atomic mass is 35.5. The van der Waals surface area contributed by atoms with E-state index in [1.165, 1.54) is 51.7 Å². The van der Waals surface area contributed by atoms with Crippen LogP contribution in [0.5, 0.6) is 17.2 Å². The molecule has 3 aromatic carbocycles. The number of carbonyl (C=O) groups is 2. The zero-order chi connectivity index (χ0) is 33.3. The molecule has 266 valence electrons. The van der Waals surface area contributed by atoms with Gasteiger partial charge in [-0.3, -0.25) is 9.69 Å². The Morgan fingerprint density at radius 3 is 1.96 bits per heavy atom. The van der Waals surface area contributed by atoms with E-state index in [1.54, 1.807) is 41.3 Å². The van der Waals surface area contributed by atoms with E-state index in [-0.39, 0.29) is 52.3 Å². The summed E-state index contributed by atoms with van der Waals surface area (Å²) >= 11 is 0. The lowest BCUT2D eigenvalue weighted by atomic mass is 9.86. The number of hydrogen-bond acceptors (Lipinski definition) is 10. The summed E-state index contributed by atoms with van der Waals surface area (Å²) < 4.78 is 52.2. The van der Waals surface area contributed by atoms with E-state index in [2.05, 4.69) is 16.8 Å². The molecule has 15 heteroatoms. The van der Waals surface area contributed by atoms with E-state index in [1.807, 2.05) is 0 Å². The number of methoxy groups -OCH3 is 3. The van der Waals surface area contributed by atoms with Crippen LogP contribution in [-0.4, -0.2) is 109 Å². The molecule has 0 aromatic heterocycles. The van der Waals surface area contributed by atoms with Crippen molar-refractivity contribution in [1.82, 2.24) is 14.7 Å². The van der Waals surface area contributed by atoms with Crippen molar-refractivity contribution >= 4 is 52.5 Å². The Morgan fingerprint density at radius 1 is 0.776 bits per heavy atom. The molecule has 12 nitrogen and oxygen atoms in total. The minimum absolute atomic E-state index is 0. The highest BCUT2D eigenvalue weighted by Crippen LogP contribution is 2.53. The summed E-state index contributed by atoms with van der Waals surface area (Å²) in [5.74, 6) is -0.102. The molecular weight excluding hydrogens is 695 g/mol. The number of amides is 2. The number of likely N-dealkylation sites (tertiary alicyclic amines) is 1. The van der Waals surface area contributed by atoms with E-state index >= 15 is 0 Å². The van der Waals surface area contributed by atoms with Crippen LogP contribution in [0.15, 0.2) is 71.6 Å². The van der Waals surface area contributed by atoms with Crippen molar-refractivity contribution in [2.24, 2.45) is 0 Å². The Labute approximate surface area is 299 Å². The number of piperazine rings is 1. The van der Waals surface area contributed by atoms with Gasteiger partial charge in [-0.15, -0.1) is 24.8 Å². The predicted octanol–water partition coefficient (Wildman–Crippen LogP) is 4.38. The van der Waals surface area contributed by atoms with Crippen molar-refractivity contribution in [3.8, 4) is 17.2 Å². The average Bonchev–Trinajstić information content (AvgIpc) is 3.36. The Balaban J connectivity index is 0.00000270.